The second-order valence-corrected chi connectivity index (χ2v) is 4.58. The Balaban J connectivity index is 2.23. The lowest BCUT2D eigenvalue weighted by atomic mass is 10.2. The van der Waals surface area contributed by atoms with E-state index in [1.807, 2.05) is 12.1 Å². The van der Waals surface area contributed by atoms with Gasteiger partial charge in [0.1, 0.15) is 6.26 Å². The van der Waals surface area contributed by atoms with Gasteiger partial charge in [0.05, 0.1) is 6.20 Å². The molecule has 3 nitrogen and oxygen atoms in total. The van der Waals surface area contributed by atoms with E-state index in [0.717, 1.165) is 15.7 Å². The Morgan fingerprint density at radius 1 is 1.47 bits per heavy atom. The molecule has 76 valence electrons. The van der Waals surface area contributed by atoms with Crippen LogP contribution in [-0.2, 0) is 0 Å². The molecule has 0 unspecified atom stereocenters. The molecule has 1 aromatic carbocycles. The van der Waals surface area contributed by atoms with Crippen molar-refractivity contribution < 1.29 is 9.21 Å². The minimum absolute atomic E-state index is 0.584. The summed E-state index contributed by atoms with van der Waals surface area (Å²) in [5.41, 5.74) is 0.631. The molecule has 0 N–H and O–H groups in total. The van der Waals surface area contributed by atoms with Crippen molar-refractivity contribution >= 4 is 34.0 Å². The van der Waals surface area contributed by atoms with Crippen LogP contribution < -0.4 is 0 Å². The van der Waals surface area contributed by atoms with Crippen LogP contribution in [0.3, 0.4) is 0 Å². The van der Waals surface area contributed by atoms with Crippen molar-refractivity contribution in [2.45, 2.75) is 10.1 Å². The molecule has 5 heteroatoms. The molecule has 0 saturated heterocycles. The van der Waals surface area contributed by atoms with E-state index in [1.165, 1.54) is 18.0 Å². The van der Waals surface area contributed by atoms with Crippen LogP contribution in [0.5, 0.6) is 0 Å². The second kappa shape index (κ2) is 4.63. The quantitative estimate of drug-likeness (QED) is 0.810. The lowest BCUT2D eigenvalue weighted by Gasteiger charge is -2.00. The number of halogens is 1. The maximum absolute atomic E-state index is 10.6. The normalized spacial score (nSPS) is 10.2. The Kier molecular flexibility index (Phi) is 3.23. The molecule has 1 aromatic heterocycles. The van der Waals surface area contributed by atoms with Gasteiger partial charge in [0.25, 0.3) is 5.22 Å². The summed E-state index contributed by atoms with van der Waals surface area (Å²) in [4.78, 5) is 15.6. The van der Waals surface area contributed by atoms with E-state index >= 15 is 0 Å². The van der Waals surface area contributed by atoms with Gasteiger partial charge in [0.15, 0.2) is 6.29 Å². The zero-order valence-electron chi connectivity index (χ0n) is 7.51. The summed E-state index contributed by atoms with van der Waals surface area (Å²) in [5.74, 6) is 0. The number of hydrogen-bond donors (Lipinski definition) is 0. The molecule has 2 rings (SSSR count). The molecule has 0 bridgehead atoms. The molecule has 0 atom stereocenters. The number of nitrogens with zero attached hydrogens (tertiary/aromatic N) is 1. The van der Waals surface area contributed by atoms with Crippen molar-refractivity contribution in [1.29, 1.82) is 0 Å². The first kappa shape index (κ1) is 10.4. The molecule has 0 aliphatic rings. The van der Waals surface area contributed by atoms with Gasteiger partial charge in [-0.2, -0.15) is 0 Å². The first-order valence-corrected chi connectivity index (χ1v) is 5.72. The first-order valence-electron chi connectivity index (χ1n) is 4.11. The Hall–Kier alpha value is -1.07. The molecule has 0 aliphatic heterocycles. The third-order valence-electron chi connectivity index (χ3n) is 1.71. The molecule has 0 aliphatic carbocycles. The van der Waals surface area contributed by atoms with Crippen LogP contribution in [0.15, 0.2) is 49.7 Å². The van der Waals surface area contributed by atoms with Crippen molar-refractivity contribution in [2.75, 3.05) is 0 Å². The monoisotopic (exact) mass is 283 g/mol. The van der Waals surface area contributed by atoms with Gasteiger partial charge in [0, 0.05) is 14.9 Å². The molecule has 0 radical (unpaired) electrons. The summed E-state index contributed by atoms with van der Waals surface area (Å²) in [6.07, 6.45) is 3.93. The van der Waals surface area contributed by atoms with Gasteiger partial charge >= 0.3 is 0 Å². The lowest BCUT2D eigenvalue weighted by Crippen LogP contribution is -1.82. The minimum atomic E-state index is 0.584. The summed E-state index contributed by atoms with van der Waals surface area (Å²) in [5, 5.41) is 0.584. The van der Waals surface area contributed by atoms with Gasteiger partial charge in [0.2, 0.25) is 0 Å². The number of oxazole rings is 1. The van der Waals surface area contributed by atoms with E-state index < -0.39 is 0 Å². The molecule has 0 spiro atoms. The largest absolute Gasteiger partial charge is 0.440 e. The van der Waals surface area contributed by atoms with Crippen LogP contribution in [-0.4, -0.2) is 11.3 Å². The zero-order valence-corrected chi connectivity index (χ0v) is 9.92. The van der Waals surface area contributed by atoms with Crippen molar-refractivity contribution in [3.05, 3.63) is 40.7 Å². The third kappa shape index (κ3) is 2.49. The van der Waals surface area contributed by atoms with Crippen LogP contribution in [0.4, 0.5) is 0 Å². The summed E-state index contributed by atoms with van der Waals surface area (Å²) in [6, 6.07) is 5.46. The van der Waals surface area contributed by atoms with Gasteiger partial charge in [-0.05, 0) is 30.0 Å². The topological polar surface area (TPSA) is 43.1 Å². The van der Waals surface area contributed by atoms with Gasteiger partial charge < -0.3 is 4.42 Å². The zero-order chi connectivity index (χ0) is 10.7. The van der Waals surface area contributed by atoms with Crippen molar-refractivity contribution in [1.82, 2.24) is 4.98 Å². The molecule has 0 amide bonds. The summed E-state index contributed by atoms with van der Waals surface area (Å²) < 4.78 is 5.87. The van der Waals surface area contributed by atoms with Gasteiger partial charge in [-0.25, -0.2) is 4.98 Å². The lowest BCUT2D eigenvalue weighted by molar-refractivity contribution is 0.112. The van der Waals surface area contributed by atoms with Crippen LogP contribution in [0.1, 0.15) is 10.4 Å². The Morgan fingerprint density at radius 2 is 2.33 bits per heavy atom. The van der Waals surface area contributed by atoms with Crippen molar-refractivity contribution in [3.63, 3.8) is 0 Å². The molecular weight excluding hydrogens is 278 g/mol. The molecule has 0 fully saturated rings. The molecule has 15 heavy (non-hydrogen) atoms. The SMILES string of the molecule is O=Cc1ccc(Sc2ncco2)cc1Br. The van der Waals surface area contributed by atoms with Crippen LogP contribution in [0, 0.1) is 0 Å². The number of carbonyl (C=O) groups is 1. The predicted octanol–water partition coefficient (Wildman–Crippen LogP) is 3.40. The Morgan fingerprint density at radius 3 is 2.93 bits per heavy atom. The predicted molar refractivity (Wildman–Crippen MR) is 60.2 cm³/mol. The number of aldehydes is 1. The number of rotatable bonds is 3. The van der Waals surface area contributed by atoms with Gasteiger partial charge in [-0.3, -0.25) is 4.79 Å². The van der Waals surface area contributed by atoms with E-state index in [-0.39, 0.29) is 0 Å². The van der Waals surface area contributed by atoms with E-state index in [0.29, 0.717) is 10.8 Å². The van der Waals surface area contributed by atoms with E-state index in [9.17, 15) is 4.79 Å². The van der Waals surface area contributed by atoms with Crippen LogP contribution >= 0.6 is 27.7 Å². The van der Waals surface area contributed by atoms with Gasteiger partial charge in [-0.15, -0.1) is 0 Å². The fourth-order valence-electron chi connectivity index (χ4n) is 1.03. The highest BCUT2D eigenvalue weighted by Crippen LogP contribution is 2.29. The standard InChI is InChI=1S/C10H6BrNO2S/c11-9-5-8(2-1-7(9)6-13)15-10-12-3-4-14-10/h1-6H. The molecule has 1 heterocycles. The highest BCUT2D eigenvalue weighted by atomic mass is 79.9. The number of hydrogen-bond acceptors (Lipinski definition) is 4. The van der Waals surface area contributed by atoms with E-state index in [2.05, 4.69) is 20.9 Å². The second-order valence-electron chi connectivity index (χ2n) is 2.70. The molecule has 0 saturated carbocycles. The average molecular weight is 284 g/mol. The van der Waals surface area contributed by atoms with Crippen LogP contribution in [0.25, 0.3) is 0 Å². The van der Waals surface area contributed by atoms with E-state index in [1.54, 1.807) is 12.3 Å². The number of benzene rings is 1. The van der Waals surface area contributed by atoms with Crippen molar-refractivity contribution in [2.24, 2.45) is 0 Å². The fraction of sp³-hybridized carbons (Fsp3) is 0. The number of carbonyl (C=O) groups excluding carboxylic acids is 1. The third-order valence-corrected chi connectivity index (χ3v) is 3.27. The van der Waals surface area contributed by atoms with E-state index in [4.69, 9.17) is 4.42 Å². The van der Waals surface area contributed by atoms with Gasteiger partial charge in [-0.1, -0.05) is 15.9 Å². The summed E-state index contributed by atoms with van der Waals surface area (Å²) >= 11 is 4.72. The highest BCUT2D eigenvalue weighted by molar-refractivity contribution is 9.10. The smallest absolute Gasteiger partial charge is 0.260 e. The summed E-state index contributed by atoms with van der Waals surface area (Å²) in [7, 11) is 0. The summed E-state index contributed by atoms with van der Waals surface area (Å²) in [6.45, 7) is 0. The fourth-order valence-corrected chi connectivity index (χ4v) is 2.38. The first-order chi connectivity index (χ1) is 7.29. The average Bonchev–Trinajstić information content (AvgIpc) is 2.71. The van der Waals surface area contributed by atoms with Crippen LogP contribution in [0.2, 0.25) is 0 Å². The Labute approximate surface area is 99.0 Å². The highest BCUT2D eigenvalue weighted by Gasteiger charge is 2.04. The number of aromatic nitrogens is 1. The minimum Gasteiger partial charge on any atom is -0.440 e. The maximum Gasteiger partial charge on any atom is 0.260 e. The Bertz CT molecular complexity index is 470. The van der Waals surface area contributed by atoms with Crippen molar-refractivity contribution in [3.8, 4) is 0 Å². The molecular formula is C10H6BrNO2S. The maximum atomic E-state index is 10.6. The molecule has 2 aromatic rings.